The Labute approximate surface area is 139 Å². The summed E-state index contributed by atoms with van der Waals surface area (Å²) in [6.45, 7) is 2.26. The van der Waals surface area contributed by atoms with Crippen LogP contribution in [0.1, 0.15) is 71.8 Å². The molecule has 2 aromatic heterocycles. The van der Waals surface area contributed by atoms with Gasteiger partial charge in [-0.05, 0) is 44.8 Å². The normalized spacial score (nSPS) is 20.2. The number of hydrogen-bond donors (Lipinski definition) is 1. The van der Waals surface area contributed by atoms with Crippen molar-refractivity contribution in [1.29, 1.82) is 0 Å². The number of furan rings is 1. The van der Waals surface area contributed by atoms with E-state index in [4.69, 9.17) is 14.0 Å². The van der Waals surface area contributed by atoms with Gasteiger partial charge in [-0.25, -0.2) is 4.79 Å². The summed E-state index contributed by atoms with van der Waals surface area (Å²) >= 11 is 0. The van der Waals surface area contributed by atoms with E-state index in [2.05, 4.69) is 15.0 Å². The summed E-state index contributed by atoms with van der Waals surface area (Å²) in [7, 11) is 0. The van der Waals surface area contributed by atoms with Crippen LogP contribution in [0.5, 0.6) is 0 Å². The molecule has 0 atom stereocenters. The van der Waals surface area contributed by atoms with E-state index in [-0.39, 0.29) is 5.56 Å². The first-order valence-corrected chi connectivity index (χ1v) is 8.56. The molecule has 128 valence electrons. The zero-order valence-corrected chi connectivity index (χ0v) is 13.5. The van der Waals surface area contributed by atoms with E-state index in [1.807, 2.05) is 0 Å². The van der Waals surface area contributed by atoms with Gasteiger partial charge in [-0.2, -0.15) is 4.98 Å². The molecule has 0 radical (unpaired) electrons. The highest BCUT2D eigenvalue weighted by atomic mass is 16.5. The largest absolute Gasteiger partial charge is 0.478 e. The van der Waals surface area contributed by atoms with E-state index in [1.54, 1.807) is 0 Å². The summed E-state index contributed by atoms with van der Waals surface area (Å²) in [5.41, 5.74) is 0.249. The zero-order chi connectivity index (χ0) is 16.5. The Morgan fingerprint density at radius 3 is 2.71 bits per heavy atom. The molecule has 2 aromatic rings. The fraction of sp³-hybridized carbons (Fsp3) is 0.588. The van der Waals surface area contributed by atoms with Crippen molar-refractivity contribution < 1.29 is 18.8 Å². The molecule has 1 saturated carbocycles. The van der Waals surface area contributed by atoms with Crippen LogP contribution in [0.25, 0.3) is 0 Å². The van der Waals surface area contributed by atoms with Crippen molar-refractivity contribution >= 4 is 5.97 Å². The molecule has 2 fully saturated rings. The third kappa shape index (κ3) is 2.96. The van der Waals surface area contributed by atoms with Crippen LogP contribution >= 0.6 is 0 Å². The lowest BCUT2D eigenvalue weighted by atomic mass is 9.85. The molecule has 1 aliphatic heterocycles. The molecular formula is C17H21N3O4. The average molecular weight is 331 g/mol. The van der Waals surface area contributed by atoms with Crippen LogP contribution < -0.4 is 0 Å². The number of rotatable bonds is 5. The molecule has 0 unspecified atom stereocenters. The minimum absolute atomic E-state index is 0.249. The molecule has 1 saturated heterocycles. The predicted molar refractivity (Wildman–Crippen MR) is 83.8 cm³/mol. The summed E-state index contributed by atoms with van der Waals surface area (Å²) in [6, 6.07) is 1.50. The van der Waals surface area contributed by atoms with Gasteiger partial charge in [-0.1, -0.05) is 11.6 Å². The number of nitrogens with zero attached hydrogens (tertiary/aromatic N) is 3. The Morgan fingerprint density at radius 1 is 1.25 bits per heavy atom. The number of carboxylic acid groups (broad SMARTS) is 1. The van der Waals surface area contributed by atoms with Gasteiger partial charge in [0.15, 0.2) is 5.82 Å². The van der Waals surface area contributed by atoms with E-state index < -0.39 is 5.97 Å². The lowest BCUT2D eigenvalue weighted by Crippen LogP contribution is -2.32. The van der Waals surface area contributed by atoms with Crippen molar-refractivity contribution in [3.63, 3.8) is 0 Å². The van der Waals surface area contributed by atoms with Gasteiger partial charge < -0.3 is 14.0 Å². The molecule has 0 spiro atoms. The topological polar surface area (TPSA) is 92.6 Å². The highest BCUT2D eigenvalue weighted by molar-refractivity contribution is 5.88. The standard InChI is InChI=1S/C17H21N3O4/c21-17(22)13-6-9-23-14(13)10-20-7-4-12(5-8-20)16-18-15(19-24-16)11-2-1-3-11/h6,9,11-12H,1-5,7-8,10H2,(H,21,22). The van der Waals surface area contributed by atoms with E-state index in [1.165, 1.54) is 31.6 Å². The molecule has 0 aromatic carbocycles. The van der Waals surface area contributed by atoms with Crippen LogP contribution in [-0.4, -0.2) is 39.2 Å². The first-order valence-electron chi connectivity index (χ1n) is 8.56. The van der Waals surface area contributed by atoms with Crippen molar-refractivity contribution in [3.8, 4) is 0 Å². The number of aromatic nitrogens is 2. The second kappa shape index (κ2) is 6.39. The lowest BCUT2D eigenvalue weighted by molar-refractivity contribution is 0.0691. The molecule has 2 aliphatic rings. The maximum atomic E-state index is 11.1. The van der Waals surface area contributed by atoms with Crippen molar-refractivity contribution in [2.75, 3.05) is 13.1 Å². The van der Waals surface area contributed by atoms with E-state index in [0.29, 0.717) is 24.1 Å². The number of carbonyl (C=O) groups is 1. The molecular weight excluding hydrogens is 310 g/mol. The van der Waals surface area contributed by atoms with Gasteiger partial charge in [0.1, 0.15) is 11.3 Å². The number of likely N-dealkylation sites (tertiary alicyclic amines) is 1. The Hall–Kier alpha value is -2.15. The average Bonchev–Trinajstić information content (AvgIpc) is 3.16. The van der Waals surface area contributed by atoms with Crippen LogP contribution in [0.4, 0.5) is 0 Å². The number of aromatic carboxylic acids is 1. The molecule has 1 aliphatic carbocycles. The molecule has 0 bridgehead atoms. The summed E-state index contributed by atoms with van der Waals surface area (Å²) < 4.78 is 10.8. The van der Waals surface area contributed by atoms with E-state index in [0.717, 1.165) is 37.6 Å². The highest BCUT2D eigenvalue weighted by Gasteiger charge is 2.29. The Balaban J connectivity index is 1.34. The maximum absolute atomic E-state index is 11.1. The summed E-state index contributed by atoms with van der Waals surface area (Å²) in [5, 5.41) is 13.3. The summed E-state index contributed by atoms with van der Waals surface area (Å²) in [5.74, 6) is 2.02. The molecule has 24 heavy (non-hydrogen) atoms. The van der Waals surface area contributed by atoms with E-state index in [9.17, 15) is 4.79 Å². The van der Waals surface area contributed by atoms with Crippen molar-refractivity contribution in [1.82, 2.24) is 15.0 Å². The van der Waals surface area contributed by atoms with E-state index >= 15 is 0 Å². The molecule has 4 rings (SSSR count). The summed E-state index contributed by atoms with van der Waals surface area (Å²) in [6.07, 6.45) is 6.92. The number of carboxylic acids is 1. The quantitative estimate of drug-likeness (QED) is 0.900. The highest BCUT2D eigenvalue weighted by Crippen LogP contribution is 2.36. The molecule has 7 heteroatoms. The minimum Gasteiger partial charge on any atom is -0.478 e. The summed E-state index contributed by atoms with van der Waals surface area (Å²) in [4.78, 5) is 18.0. The SMILES string of the molecule is O=C(O)c1ccoc1CN1CCC(c2nc(C3CCC3)no2)CC1. The fourth-order valence-corrected chi connectivity index (χ4v) is 3.44. The van der Waals surface area contributed by atoms with Gasteiger partial charge in [0.05, 0.1) is 12.8 Å². The third-order valence-corrected chi connectivity index (χ3v) is 5.21. The van der Waals surface area contributed by atoms with Gasteiger partial charge in [0.2, 0.25) is 5.89 Å². The smallest absolute Gasteiger partial charge is 0.339 e. The van der Waals surface area contributed by atoms with Crippen LogP contribution in [0.2, 0.25) is 0 Å². The van der Waals surface area contributed by atoms with Crippen molar-refractivity contribution in [2.24, 2.45) is 0 Å². The van der Waals surface area contributed by atoms with Gasteiger partial charge in [0, 0.05) is 11.8 Å². The maximum Gasteiger partial charge on any atom is 0.339 e. The first-order chi connectivity index (χ1) is 11.7. The molecule has 1 N–H and O–H groups in total. The van der Waals surface area contributed by atoms with Gasteiger partial charge in [-0.15, -0.1) is 0 Å². The predicted octanol–water partition coefficient (Wildman–Crippen LogP) is 3.01. The molecule has 7 nitrogen and oxygen atoms in total. The van der Waals surface area contributed by atoms with Gasteiger partial charge >= 0.3 is 5.97 Å². The van der Waals surface area contributed by atoms with Crippen LogP contribution in [0.15, 0.2) is 21.3 Å². The van der Waals surface area contributed by atoms with Crippen molar-refractivity contribution in [3.05, 3.63) is 35.4 Å². The Kier molecular flexibility index (Phi) is 4.10. The second-order valence-corrected chi connectivity index (χ2v) is 6.73. The first kappa shape index (κ1) is 15.4. The van der Waals surface area contributed by atoms with Crippen LogP contribution in [0, 0.1) is 0 Å². The Morgan fingerprint density at radius 2 is 2.04 bits per heavy atom. The zero-order valence-electron chi connectivity index (χ0n) is 13.5. The number of hydrogen-bond acceptors (Lipinski definition) is 6. The minimum atomic E-state index is -0.942. The monoisotopic (exact) mass is 331 g/mol. The Bertz CT molecular complexity index is 711. The second-order valence-electron chi connectivity index (χ2n) is 6.73. The lowest BCUT2D eigenvalue weighted by Gasteiger charge is -2.29. The van der Waals surface area contributed by atoms with Crippen LogP contribution in [-0.2, 0) is 6.54 Å². The number of piperidine rings is 1. The van der Waals surface area contributed by atoms with Gasteiger partial charge in [0.25, 0.3) is 0 Å². The van der Waals surface area contributed by atoms with Crippen molar-refractivity contribution in [2.45, 2.75) is 50.5 Å². The third-order valence-electron chi connectivity index (χ3n) is 5.21. The molecule has 3 heterocycles. The fourth-order valence-electron chi connectivity index (χ4n) is 3.44. The van der Waals surface area contributed by atoms with Gasteiger partial charge in [-0.3, -0.25) is 4.90 Å². The molecule has 0 amide bonds. The van der Waals surface area contributed by atoms with Crippen LogP contribution in [0.3, 0.4) is 0 Å².